The van der Waals surface area contributed by atoms with Crippen LogP contribution in [-0.2, 0) is 4.74 Å². The topological polar surface area (TPSA) is 88.5 Å². The van der Waals surface area contributed by atoms with Crippen LogP contribution in [0.15, 0.2) is 0 Å². The van der Waals surface area contributed by atoms with Gasteiger partial charge in [-0.05, 0) is 6.42 Å². The van der Waals surface area contributed by atoms with Gasteiger partial charge in [-0.1, -0.05) is 11.6 Å². The molecule has 3 fully saturated rings. The highest BCUT2D eigenvalue weighted by Gasteiger charge is 2.26. The minimum Gasteiger partial charge on any atom is -0.472 e. The van der Waals surface area contributed by atoms with E-state index in [0.29, 0.717) is 36.2 Å². The molecule has 0 spiro atoms. The standard InChI is InChI=1S/C18H24ClN7O2/c19-14-17(28-12-2-10-27-11-3-12)22-15-13(21-14)16(25-6-1-7-25)24-18(23-15)26-8-4-20-5-9-26/h12,20H,1-11H2. The molecule has 1 N–H and O–H groups in total. The summed E-state index contributed by atoms with van der Waals surface area (Å²) in [6.45, 7) is 6.90. The van der Waals surface area contributed by atoms with Crippen LogP contribution < -0.4 is 19.9 Å². The largest absolute Gasteiger partial charge is 0.472 e. The van der Waals surface area contributed by atoms with Gasteiger partial charge >= 0.3 is 0 Å². The van der Waals surface area contributed by atoms with Crippen molar-refractivity contribution in [3.63, 3.8) is 0 Å². The van der Waals surface area contributed by atoms with Crippen LogP contribution in [0.4, 0.5) is 11.8 Å². The van der Waals surface area contributed by atoms with E-state index in [4.69, 9.17) is 31.0 Å². The maximum Gasteiger partial charge on any atom is 0.254 e. The van der Waals surface area contributed by atoms with Crippen LogP contribution in [0.3, 0.4) is 0 Å². The Morgan fingerprint density at radius 2 is 1.75 bits per heavy atom. The van der Waals surface area contributed by atoms with Crippen molar-refractivity contribution in [2.75, 3.05) is 62.3 Å². The molecule has 0 aliphatic carbocycles. The highest BCUT2D eigenvalue weighted by Crippen LogP contribution is 2.32. The number of hydrogen-bond donors (Lipinski definition) is 1. The summed E-state index contributed by atoms with van der Waals surface area (Å²) in [6, 6.07) is 0. The Labute approximate surface area is 168 Å². The van der Waals surface area contributed by atoms with Gasteiger partial charge in [0, 0.05) is 52.1 Å². The number of nitrogens with zero attached hydrogens (tertiary/aromatic N) is 6. The van der Waals surface area contributed by atoms with E-state index < -0.39 is 0 Å². The molecule has 3 aliphatic rings. The normalized spacial score (nSPS) is 21.0. The quantitative estimate of drug-likeness (QED) is 0.807. The zero-order chi connectivity index (χ0) is 18.9. The lowest BCUT2D eigenvalue weighted by Gasteiger charge is -2.34. The Morgan fingerprint density at radius 1 is 0.964 bits per heavy atom. The van der Waals surface area contributed by atoms with Gasteiger partial charge in [0.1, 0.15) is 6.10 Å². The number of anilines is 2. The van der Waals surface area contributed by atoms with E-state index in [1.807, 2.05) is 0 Å². The molecule has 2 aromatic rings. The highest BCUT2D eigenvalue weighted by molar-refractivity contribution is 6.31. The first-order valence-corrected chi connectivity index (χ1v) is 10.4. The van der Waals surface area contributed by atoms with Crippen molar-refractivity contribution < 1.29 is 9.47 Å². The van der Waals surface area contributed by atoms with E-state index in [0.717, 1.165) is 64.3 Å². The van der Waals surface area contributed by atoms with Gasteiger partial charge in [-0.15, -0.1) is 0 Å². The SMILES string of the molecule is Clc1nc2c(N3CCC3)nc(N3CCNCC3)nc2nc1OC1CCOCC1. The average molecular weight is 406 g/mol. The van der Waals surface area contributed by atoms with Gasteiger partial charge < -0.3 is 24.6 Å². The fourth-order valence-corrected chi connectivity index (χ4v) is 3.84. The minimum absolute atomic E-state index is 0.0438. The predicted octanol–water partition coefficient (Wildman–Crippen LogP) is 1.25. The third kappa shape index (κ3) is 3.54. The van der Waals surface area contributed by atoms with E-state index in [1.165, 1.54) is 0 Å². The van der Waals surface area contributed by atoms with Crippen molar-refractivity contribution >= 4 is 34.5 Å². The molecule has 0 atom stereocenters. The smallest absolute Gasteiger partial charge is 0.254 e. The van der Waals surface area contributed by atoms with Crippen molar-refractivity contribution in [2.45, 2.75) is 25.4 Å². The van der Waals surface area contributed by atoms with Gasteiger partial charge in [-0.25, -0.2) is 4.98 Å². The summed E-state index contributed by atoms with van der Waals surface area (Å²) in [5.41, 5.74) is 1.18. The molecule has 3 aliphatic heterocycles. The number of piperazine rings is 1. The fraction of sp³-hybridized carbons (Fsp3) is 0.667. The maximum absolute atomic E-state index is 6.43. The Bertz CT molecular complexity index is 851. The number of hydrogen-bond acceptors (Lipinski definition) is 9. The molecule has 5 rings (SSSR count). The summed E-state index contributed by atoms with van der Waals surface area (Å²) in [4.78, 5) is 23.2. The highest BCUT2D eigenvalue weighted by atomic mass is 35.5. The Balaban J connectivity index is 1.53. The maximum atomic E-state index is 6.43. The van der Waals surface area contributed by atoms with Crippen LogP contribution in [-0.4, -0.2) is 78.5 Å². The zero-order valence-corrected chi connectivity index (χ0v) is 16.5. The molecule has 28 heavy (non-hydrogen) atoms. The second kappa shape index (κ2) is 7.81. The lowest BCUT2D eigenvalue weighted by Crippen LogP contribution is -2.44. The van der Waals surface area contributed by atoms with Crippen LogP contribution >= 0.6 is 11.6 Å². The van der Waals surface area contributed by atoms with Crippen LogP contribution in [0.5, 0.6) is 5.88 Å². The van der Waals surface area contributed by atoms with Gasteiger partial charge in [-0.2, -0.15) is 15.0 Å². The van der Waals surface area contributed by atoms with E-state index in [2.05, 4.69) is 25.1 Å². The zero-order valence-electron chi connectivity index (χ0n) is 15.7. The van der Waals surface area contributed by atoms with Crippen molar-refractivity contribution in [3.05, 3.63) is 5.15 Å². The van der Waals surface area contributed by atoms with Gasteiger partial charge in [0.25, 0.3) is 5.88 Å². The number of fused-ring (bicyclic) bond motifs is 1. The van der Waals surface area contributed by atoms with Crippen LogP contribution in [0, 0.1) is 0 Å². The van der Waals surface area contributed by atoms with E-state index in [-0.39, 0.29) is 11.3 Å². The third-order valence-corrected chi connectivity index (χ3v) is 5.68. The molecule has 0 aromatic carbocycles. The molecular formula is C18H24ClN7O2. The van der Waals surface area contributed by atoms with E-state index >= 15 is 0 Å². The second-order valence-electron chi connectivity index (χ2n) is 7.35. The first kappa shape index (κ1) is 18.1. The van der Waals surface area contributed by atoms with Gasteiger partial charge in [0.05, 0.1) is 13.2 Å². The summed E-state index contributed by atoms with van der Waals surface area (Å²) in [6.07, 6.45) is 2.85. The number of ether oxygens (including phenoxy) is 2. The first-order chi connectivity index (χ1) is 13.8. The molecule has 0 radical (unpaired) electrons. The molecule has 3 saturated heterocycles. The first-order valence-electron chi connectivity index (χ1n) is 9.98. The van der Waals surface area contributed by atoms with Crippen LogP contribution in [0.2, 0.25) is 5.15 Å². The van der Waals surface area contributed by atoms with E-state index in [9.17, 15) is 0 Å². The number of aromatic nitrogens is 4. The molecule has 9 nitrogen and oxygen atoms in total. The molecule has 2 aromatic heterocycles. The molecule has 0 amide bonds. The van der Waals surface area contributed by atoms with Gasteiger partial charge in [-0.3, -0.25) is 0 Å². The van der Waals surface area contributed by atoms with Crippen molar-refractivity contribution in [2.24, 2.45) is 0 Å². The molecule has 5 heterocycles. The van der Waals surface area contributed by atoms with Crippen molar-refractivity contribution in [1.29, 1.82) is 0 Å². The van der Waals surface area contributed by atoms with Crippen molar-refractivity contribution in [3.8, 4) is 5.88 Å². The number of nitrogens with one attached hydrogen (secondary N) is 1. The minimum atomic E-state index is 0.0438. The lowest BCUT2D eigenvalue weighted by molar-refractivity contribution is 0.0237. The average Bonchev–Trinajstić information content (AvgIpc) is 2.69. The predicted molar refractivity (Wildman–Crippen MR) is 107 cm³/mol. The molecule has 10 heteroatoms. The lowest BCUT2D eigenvalue weighted by atomic mass is 10.2. The summed E-state index contributed by atoms with van der Waals surface area (Å²) >= 11 is 6.43. The summed E-state index contributed by atoms with van der Waals surface area (Å²) in [5, 5.41) is 3.62. The number of halogens is 1. The summed E-state index contributed by atoms with van der Waals surface area (Å²) in [5.74, 6) is 1.86. The van der Waals surface area contributed by atoms with Crippen LogP contribution in [0.25, 0.3) is 11.2 Å². The monoisotopic (exact) mass is 405 g/mol. The van der Waals surface area contributed by atoms with Crippen molar-refractivity contribution in [1.82, 2.24) is 25.3 Å². The molecule has 0 unspecified atom stereocenters. The summed E-state index contributed by atoms with van der Waals surface area (Å²) < 4.78 is 11.4. The third-order valence-electron chi connectivity index (χ3n) is 5.43. The van der Waals surface area contributed by atoms with Crippen LogP contribution in [0.1, 0.15) is 19.3 Å². The summed E-state index contributed by atoms with van der Waals surface area (Å²) in [7, 11) is 0. The van der Waals surface area contributed by atoms with E-state index in [1.54, 1.807) is 0 Å². The second-order valence-corrected chi connectivity index (χ2v) is 7.70. The molecule has 0 bridgehead atoms. The fourth-order valence-electron chi connectivity index (χ4n) is 3.67. The Kier molecular flexibility index (Phi) is 5.04. The molecule has 150 valence electrons. The van der Waals surface area contributed by atoms with Gasteiger partial charge in [0.2, 0.25) is 5.95 Å². The van der Waals surface area contributed by atoms with Gasteiger partial charge in [0.15, 0.2) is 22.1 Å². The molecular weight excluding hydrogens is 382 g/mol. The molecule has 0 saturated carbocycles. The number of rotatable bonds is 4. The Hall–Kier alpha value is -1.97. The Morgan fingerprint density at radius 3 is 2.46 bits per heavy atom.